The summed E-state index contributed by atoms with van der Waals surface area (Å²) < 4.78 is 0. The molecule has 0 aliphatic carbocycles. The SMILES string of the molecule is OCCCCN1CCCCO1. The molecular weight excluding hydrogens is 142 g/mol. The van der Waals surface area contributed by atoms with Crippen molar-refractivity contribution in [2.75, 3.05) is 26.3 Å². The van der Waals surface area contributed by atoms with Gasteiger partial charge in [-0.05, 0) is 25.7 Å². The van der Waals surface area contributed by atoms with E-state index in [1.165, 1.54) is 12.8 Å². The van der Waals surface area contributed by atoms with E-state index in [0.29, 0.717) is 6.61 Å². The van der Waals surface area contributed by atoms with E-state index in [2.05, 4.69) is 0 Å². The van der Waals surface area contributed by atoms with Gasteiger partial charge in [0, 0.05) is 19.7 Å². The average Bonchev–Trinajstić information content (AvgIpc) is 2.07. The Labute approximate surface area is 67.9 Å². The lowest BCUT2D eigenvalue weighted by Gasteiger charge is -2.25. The van der Waals surface area contributed by atoms with Gasteiger partial charge < -0.3 is 5.11 Å². The van der Waals surface area contributed by atoms with Crippen LogP contribution in [0.5, 0.6) is 0 Å². The highest BCUT2D eigenvalue weighted by Gasteiger charge is 2.08. The van der Waals surface area contributed by atoms with Gasteiger partial charge in [-0.15, -0.1) is 0 Å². The standard InChI is InChI=1S/C8H17NO2/c10-7-3-1-5-9-6-2-4-8-11-9/h10H,1-8H2. The molecule has 1 aliphatic rings. The summed E-state index contributed by atoms with van der Waals surface area (Å²) >= 11 is 0. The Kier molecular flexibility index (Phi) is 4.50. The van der Waals surface area contributed by atoms with Crippen LogP contribution in [0, 0.1) is 0 Å². The normalized spacial score (nSPS) is 20.5. The van der Waals surface area contributed by atoms with E-state index in [4.69, 9.17) is 9.94 Å². The van der Waals surface area contributed by atoms with E-state index in [1.807, 2.05) is 5.06 Å². The van der Waals surface area contributed by atoms with Crippen molar-refractivity contribution in [3.8, 4) is 0 Å². The Bertz CT molecular complexity index is 92.1. The van der Waals surface area contributed by atoms with Crippen molar-refractivity contribution < 1.29 is 9.94 Å². The number of hydroxylamine groups is 2. The maximum absolute atomic E-state index is 8.54. The molecule has 1 heterocycles. The van der Waals surface area contributed by atoms with Gasteiger partial charge in [-0.3, -0.25) is 4.84 Å². The zero-order valence-electron chi connectivity index (χ0n) is 6.96. The predicted octanol–water partition coefficient (Wildman–Crippen LogP) is 0.786. The minimum atomic E-state index is 0.299. The molecule has 1 aliphatic heterocycles. The molecule has 1 N–H and O–H groups in total. The van der Waals surface area contributed by atoms with E-state index < -0.39 is 0 Å². The van der Waals surface area contributed by atoms with E-state index in [-0.39, 0.29) is 0 Å². The molecule has 1 rings (SSSR count). The molecular formula is C8H17NO2. The number of nitrogens with zero attached hydrogens (tertiary/aromatic N) is 1. The van der Waals surface area contributed by atoms with E-state index in [9.17, 15) is 0 Å². The first-order valence-corrected chi connectivity index (χ1v) is 4.42. The Balaban J connectivity index is 1.96. The Morgan fingerprint density at radius 3 is 2.82 bits per heavy atom. The van der Waals surface area contributed by atoms with Gasteiger partial charge in [0.25, 0.3) is 0 Å². The van der Waals surface area contributed by atoms with Crippen molar-refractivity contribution in [3.63, 3.8) is 0 Å². The summed E-state index contributed by atoms with van der Waals surface area (Å²) in [6.45, 7) is 3.21. The van der Waals surface area contributed by atoms with Gasteiger partial charge in [0.2, 0.25) is 0 Å². The maximum atomic E-state index is 8.54. The third-order valence-electron chi connectivity index (χ3n) is 1.89. The fraction of sp³-hybridized carbons (Fsp3) is 1.00. The number of hydrogen-bond donors (Lipinski definition) is 1. The summed E-state index contributed by atoms with van der Waals surface area (Å²) in [4.78, 5) is 5.38. The van der Waals surface area contributed by atoms with Crippen molar-refractivity contribution in [1.82, 2.24) is 5.06 Å². The second-order valence-corrected chi connectivity index (χ2v) is 2.90. The van der Waals surface area contributed by atoms with Crippen LogP contribution in [0.4, 0.5) is 0 Å². The molecule has 0 unspecified atom stereocenters. The number of aliphatic hydroxyl groups excluding tert-OH is 1. The lowest BCUT2D eigenvalue weighted by Crippen LogP contribution is -2.30. The average molecular weight is 159 g/mol. The Hall–Kier alpha value is -0.120. The monoisotopic (exact) mass is 159 g/mol. The molecule has 11 heavy (non-hydrogen) atoms. The van der Waals surface area contributed by atoms with Crippen LogP contribution in [0.15, 0.2) is 0 Å². The van der Waals surface area contributed by atoms with Gasteiger partial charge in [-0.2, -0.15) is 5.06 Å². The molecule has 0 amide bonds. The highest BCUT2D eigenvalue weighted by Crippen LogP contribution is 2.06. The quantitative estimate of drug-likeness (QED) is 0.615. The summed E-state index contributed by atoms with van der Waals surface area (Å²) in [5.74, 6) is 0. The zero-order chi connectivity index (χ0) is 7.94. The highest BCUT2D eigenvalue weighted by atomic mass is 16.7. The second kappa shape index (κ2) is 5.52. The molecule has 3 nitrogen and oxygen atoms in total. The molecule has 0 spiro atoms. The lowest BCUT2D eigenvalue weighted by atomic mass is 10.2. The van der Waals surface area contributed by atoms with Crippen LogP contribution >= 0.6 is 0 Å². The fourth-order valence-corrected chi connectivity index (χ4v) is 1.22. The van der Waals surface area contributed by atoms with Crippen LogP contribution < -0.4 is 0 Å². The van der Waals surface area contributed by atoms with Crippen molar-refractivity contribution in [2.24, 2.45) is 0 Å². The first kappa shape index (κ1) is 8.97. The molecule has 3 heteroatoms. The van der Waals surface area contributed by atoms with E-state index in [1.54, 1.807) is 0 Å². The molecule has 0 bridgehead atoms. The van der Waals surface area contributed by atoms with Crippen LogP contribution in [0.1, 0.15) is 25.7 Å². The summed E-state index contributed by atoms with van der Waals surface area (Å²) in [6.07, 6.45) is 4.37. The largest absolute Gasteiger partial charge is 0.396 e. The summed E-state index contributed by atoms with van der Waals surface area (Å²) in [7, 11) is 0. The van der Waals surface area contributed by atoms with Gasteiger partial charge in [0.15, 0.2) is 0 Å². The van der Waals surface area contributed by atoms with Crippen LogP contribution in [0.25, 0.3) is 0 Å². The van der Waals surface area contributed by atoms with Crippen LogP contribution in [-0.2, 0) is 4.84 Å². The predicted molar refractivity (Wildman–Crippen MR) is 43.1 cm³/mol. The van der Waals surface area contributed by atoms with Crippen LogP contribution in [0.3, 0.4) is 0 Å². The van der Waals surface area contributed by atoms with Crippen molar-refractivity contribution >= 4 is 0 Å². The van der Waals surface area contributed by atoms with Crippen molar-refractivity contribution in [2.45, 2.75) is 25.7 Å². The molecule has 66 valence electrons. The summed E-state index contributed by atoms with van der Waals surface area (Å²) in [5, 5.41) is 10.5. The van der Waals surface area contributed by atoms with E-state index >= 15 is 0 Å². The van der Waals surface area contributed by atoms with Gasteiger partial charge in [0.05, 0.1) is 6.61 Å². The molecule has 0 atom stereocenters. The van der Waals surface area contributed by atoms with E-state index in [0.717, 1.165) is 32.5 Å². The smallest absolute Gasteiger partial charge is 0.0685 e. The number of rotatable bonds is 4. The Morgan fingerprint density at radius 1 is 1.27 bits per heavy atom. The van der Waals surface area contributed by atoms with Gasteiger partial charge in [-0.25, -0.2) is 0 Å². The molecule has 0 aromatic carbocycles. The number of unbranched alkanes of at least 4 members (excludes halogenated alkanes) is 1. The molecule has 0 aromatic heterocycles. The Morgan fingerprint density at radius 2 is 2.18 bits per heavy atom. The molecule has 1 saturated heterocycles. The van der Waals surface area contributed by atoms with Gasteiger partial charge >= 0.3 is 0 Å². The minimum Gasteiger partial charge on any atom is -0.396 e. The molecule has 0 radical (unpaired) electrons. The number of hydrogen-bond acceptors (Lipinski definition) is 3. The molecule has 0 aromatic rings. The molecule has 1 fully saturated rings. The third-order valence-corrected chi connectivity index (χ3v) is 1.89. The minimum absolute atomic E-state index is 0.299. The maximum Gasteiger partial charge on any atom is 0.0685 e. The van der Waals surface area contributed by atoms with Crippen LogP contribution in [0.2, 0.25) is 0 Å². The summed E-state index contributed by atoms with van der Waals surface area (Å²) in [5.41, 5.74) is 0. The lowest BCUT2D eigenvalue weighted by molar-refractivity contribution is -0.180. The first-order chi connectivity index (χ1) is 5.43. The van der Waals surface area contributed by atoms with Crippen LogP contribution in [-0.4, -0.2) is 36.5 Å². The summed E-state index contributed by atoms with van der Waals surface area (Å²) in [6, 6.07) is 0. The third kappa shape index (κ3) is 3.70. The highest BCUT2D eigenvalue weighted by molar-refractivity contribution is 4.53. The first-order valence-electron chi connectivity index (χ1n) is 4.42. The van der Waals surface area contributed by atoms with Crippen molar-refractivity contribution in [1.29, 1.82) is 0 Å². The number of aliphatic hydroxyl groups is 1. The van der Waals surface area contributed by atoms with Gasteiger partial charge in [-0.1, -0.05) is 0 Å². The topological polar surface area (TPSA) is 32.7 Å². The molecule has 0 saturated carbocycles. The van der Waals surface area contributed by atoms with Gasteiger partial charge in [0.1, 0.15) is 0 Å². The zero-order valence-corrected chi connectivity index (χ0v) is 6.96. The second-order valence-electron chi connectivity index (χ2n) is 2.90. The fourth-order valence-electron chi connectivity index (χ4n) is 1.22. The van der Waals surface area contributed by atoms with Crippen molar-refractivity contribution in [3.05, 3.63) is 0 Å².